The molecule has 2 aromatic heterocycles. The number of aromatic nitrogens is 4. The highest BCUT2D eigenvalue weighted by molar-refractivity contribution is 7.82. The molecule has 3 N–H and O–H groups in total. The van der Waals surface area contributed by atoms with Crippen LogP contribution < -0.4 is 20.7 Å². The Kier molecular flexibility index (Phi) is 15.0. The molecule has 0 radical (unpaired) electrons. The molecule has 2 aromatic carbocycles. The smallest absolute Gasteiger partial charge is 0.402 e. The summed E-state index contributed by atoms with van der Waals surface area (Å²) in [6.07, 6.45) is 5.12. The number of ether oxygens (including phenoxy) is 1. The van der Waals surface area contributed by atoms with E-state index in [1.807, 2.05) is 35.2 Å². The molecular weight excluding hydrogens is 732 g/mol. The van der Waals surface area contributed by atoms with Crippen LogP contribution in [0.1, 0.15) is 56.1 Å². The topological polar surface area (TPSA) is 130 Å². The predicted molar refractivity (Wildman–Crippen MR) is 210 cm³/mol. The Balaban J connectivity index is 0.000000757. The number of nitrogens with zero attached hydrogens (tertiary/aromatic N) is 6. The number of hydrogen-bond donors (Lipinski definition) is 3. The summed E-state index contributed by atoms with van der Waals surface area (Å²) in [4.78, 5) is 20.8. The zero-order valence-corrected chi connectivity index (χ0v) is 32.5. The summed E-state index contributed by atoms with van der Waals surface area (Å²) in [7, 11) is 2.63. The van der Waals surface area contributed by atoms with Crippen LogP contribution in [-0.4, -0.2) is 98.3 Å². The zero-order chi connectivity index (χ0) is 39.4. The van der Waals surface area contributed by atoms with Gasteiger partial charge in [0.15, 0.2) is 11.6 Å². The molecule has 6 rings (SSSR count). The summed E-state index contributed by atoms with van der Waals surface area (Å²) in [5, 5.41) is 14.6. The number of fused-ring (bicyclic) bond motifs is 1. The van der Waals surface area contributed by atoms with Crippen molar-refractivity contribution in [3.63, 3.8) is 0 Å². The first-order valence-electron chi connectivity index (χ1n) is 18.7. The number of rotatable bonds is 15. The minimum absolute atomic E-state index is 0.0288. The molecule has 2 aliphatic heterocycles. The van der Waals surface area contributed by atoms with E-state index in [0.29, 0.717) is 50.7 Å². The number of aryl methyl sites for hydroxylation is 1. The van der Waals surface area contributed by atoms with Gasteiger partial charge in [-0.3, -0.25) is 9.48 Å². The molecule has 2 unspecified atom stereocenters. The fourth-order valence-corrected chi connectivity index (χ4v) is 8.46. The quantitative estimate of drug-likeness (QED) is 0.0727. The molecule has 0 aliphatic carbocycles. The number of amides is 1. The van der Waals surface area contributed by atoms with Crippen LogP contribution in [0.4, 0.5) is 24.9 Å². The molecule has 2 atom stereocenters. The van der Waals surface area contributed by atoms with E-state index in [0.717, 1.165) is 73.8 Å². The third-order valence-corrected chi connectivity index (χ3v) is 11.4. The minimum atomic E-state index is -4.79. The number of benzene rings is 2. The van der Waals surface area contributed by atoms with Crippen molar-refractivity contribution in [1.29, 1.82) is 0 Å². The summed E-state index contributed by atoms with van der Waals surface area (Å²) in [5.41, 5.74) is 3.76. The van der Waals surface area contributed by atoms with Crippen LogP contribution in [0.3, 0.4) is 0 Å². The average Bonchev–Trinajstić information content (AvgIpc) is 3.50. The zero-order valence-electron chi connectivity index (χ0n) is 31.7. The maximum atomic E-state index is 13.5. The third-order valence-electron chi connectivity index (χ3n) is 9.88. The van der Waals surface area contributed by atoms with Crippen molar-refractivity contribution in [3.8, 4) is 5.75 Å². The van der Waals surface area contributed by atoms with E-state index in [1.54, 1.807) is 6.08 Å². The number of hydrogen-bond acceptors (Lipinski definition) is 9. The molecule has 2 aliphatic rings. The maximum Gasteiger partial charge on any atom is 0.573 e. The van der Waals surface area contributed by atoms with E-state index in [2.05, 4.69) is 84.5 Å². The van der Waals surface area contributed by atoms with Crippen LogP contribution in [0.2, 0.25) is 0 Å². The van der Waals surface area contributed by atoms with Gasteiger partial charge in [-0.25, -0.2) is 18.5 Å². The normalized spacial score (nSPS) is 17.1. The van der Waals surface area contributed by atoms with Crippen molar-refractivity contribution < 1.29 is 26.9 Å². The number of anilines is 2. The summed E-state index contributed by atoms with van der Waals surface area (Å²) < 4.78 is 58.4. The molecular formula is C39H52F3N9O3S. The van der Waals surface area contributed by atoms with E-state index < -0.39 is 23.1 Å². The highest BCUT2D eigenvalue weighted by atomic mass is 32.2. The average molecular weight is 784 g/mol. The van der Waals surface area contributed by atoms with E-state index in [-0.39, 0.29) is 12.0 Å². The lowest BCUT2D eigenvalue weighted by Crippen LogP contribution is -2.40. The van der Waals surface area contributed by atoms with Gasteiger partial charge in [-0.05, 0) is 98.8 Å². The molecule has 1 amide bonds. The second-order valence-corrected chi connectivity index (χ2v) is 15.6. The van der Waals surface area contributed by atoms with Gasteiger partial charge in [0.1, 0.15) is 11.0 Å². The fourth-order valence-electron chi connectivity index (χ4n) is 7.17. The molecule has 0 bridgehead atoms. The monoisotopic (exact) mass is 783 g/mol. The molecule has 0 spiro atoms. The van der Waals surface area contributed by atoms with Crippen molar-refractivity contribution in [1.82, 2.24) is 34.3 Å². The largest absolute Gasteiger partial charge is 0.573 e. The van der Waals surface area contributed by atoms with E-state index >= 15 is 0 Å². The van der Waals surface area contributed by atoms with E-state index in [4.69, 9.17) is 0 Å². The van der Waals surface area contributed by atoms with Crippen LogP contribution >= 0.6 is 0 Å². The van der Waals surface area contributed by atoms with Crippen LogP contribution in [0, 0.1) is 5.92 Å². The summed E-state index contributed by atoms with van der Waals surface area (Å²) in [6, 6.07) is 14.9. The standard InChI is InChI=1S/C34H43F3N8O2S.C5H9NO/c1-23(22-44-13-9-25(10-14-44)26-7-8-30-31(19-26)43(3)42-32(30)38-2)17-24-5-4-6-29(18-24)48(46)45-15-11-27(12-16-45)41-33-39-20-28(21-40-33)47-34(35,36)37;1-2-3-4-6-5-7/h4-8,18-21,23,25,27H,9-17,22H2,1-3H3,(H,38,42)(H,39,40,41);2,5H,1,3-4H2,(H,6,7). The Hall–Kier alpha value is -4.54. The first-order valence-corrected chi connectivity index (χ1v) is 19.8. The second kappa shape index (κ2) is 19.9. The van der Waals surface area contributed by atoms with E-state index in [9.17, 15) is 22.2 Å². The highest BCUT2D eigenvalue weighted by Gasteiger charge is 2.31. The first-order chi connectivity index (χ1) is 26.5. The van der Waals surface area contributed by atoms with Gasteiger partial charge in [0.25, 0.3) is 0 Å². The van der Waals surface area contributed by atoms with Gasteiger partial charge in [0.05, 0.1) is 22.8 Å². The van der Waals surface area contributed by atoms with Gasteiger partial charge in [-0.15, -0.1) is 19.8 Å². The predicted octanol–water partition coefficient (Wildman–Crippen LogP) is 6.27. The molecule has 2 saturated heterocycles. The number of piperidine rings is 2. The lowest BCUT2D eigenvalue weighted by Gasteiger charge is -2.34. The molecule has 298 valence electrons. The number of carbonyl (C=O) groups is 1. The second-order valence-electron chi connectivity index (χ2n) is 14.1. The third kappa shape index (κ3) is 12.2. The summed E-state index contributed by atoms with van der Waals surface area (Å²) in [6.45, 7) is 10.9. The number of alkyl halides is 3. The fraction of sp³-hybridized carbons (Fsp3) is 0.487. The number of carbonyl (C=O) groups excluding carboxylic acids is 1. The van der Waals surface area contributed by atoms with Gasteiger partial charge in [0, 0.05) is 51.7 Å². The molecule has 2 fully saturated rings. The van der Waals surface area contributed by atoms with Gasteiger partial charge < -0.3 is 25.6 Å². The Bertz CT molecular complexity index is 1850. The molecule has 12 nitrogen and oxygen atoms in total. The van der Waals surface area contributed by atoms with Crippen molar-refractivity contribution in [2.45, 2.75) is 68.7 Å². The lowest BCUT2D eigenvalue weighted by molar-refractivity contribution is -0.274. The highest BCUT2D eigenvalue weighted by Crippen LogP contribution is 2.32. The van der Waals surface area contributed by atoms with Gasteiger partial charge in [0.2, 0.25) is 12.4 Å². The van der Waals surface area contributed by atoms with Crippen molar-refractivity contribution in [2.75, 3.05) is 56.9 Å². The minimum Gasteiger partial charge on any atom is -0.402 e. The van der Waals surface area contributed by atoms with Gasteiger partial charge >= 0.3 is 6.36 Å². The van der Waals surface area contributed by atoms with Crippen molar-refractivity contribution >= 4 is 40.1 Å². The van der Waals surface area contributed by atoms with Crippen molar-refractivity contribution in [3.05, 3.63) is 78.6 Å². The van der Waals surface area contributed by atoms with E-state index in [1.165, 1.54) is 16.6 Å². The lowest BCUT2D eigenvalue weighted by atomic mass is 9.88. The molecule has 16 heteroatoms. The van der Waals surface area contributed by atoms with Gasteiger partial charge in [-0.2, -0.15) is 5.10 Å². The van der Waals surface area contributed by atoms with Crippen LogP contribution in [0.15, 0.2) is 72.4 Å². The van der Waals surface area contributed by atoms with Crippen LogP contribution in [0.25, 0.3) is 10.9 Å². The Morgan fingerprint density at radius 1 is 1.05 bits per heavy atom. The van der Waals surface area contributed by atoms with Crippen molar-refractivity contribution in [2.24, 2.45) is 13.0 Å². The number of nitrogens with one attached hydrogen (secondary N) is 3. The molecule has 0 saturated carbocycles. The Morgan fingerprint density at radius 3 is 2.44 bits per heavy atom. The SMILES string of the molecule is C=CCCNC=O.CNc1nn(C)c2cc(C3CCN(CC(C)Cc4cccc(S(=O)N5CCC(Nc6ncc(OC(F)(F)F)cn6)CC5)c4)CC3)ccc12. The van der Waals surface area contributed by atoms with Crippen LogP contribution in [-0.2, 0) is 29.2 Å². The number of halogens is 3. The van der Waals surface area contributed by atoms with Crippen LogP contribution in [0.5, 0.6) is 5.75 Å². The number of likely N-dealkylation sites (tertiary alicyclic amines) is 1. The first kappa shape index (κ1) is 41.6. The summed E-state index contributed by atoms with van der Waals surface area (Å²) in [5.74, 6) is 1.71. The summed E-state index contributed by atoms with van der Waals surface area (Å²) >= 11 is 0. The Labute approximate surface area is 323 Å². The Morgan fingerprint density at radius 2 is 1.78 bits per heavy atom. The molecule has 55 heavy (non-hydrogen) atoms. The van der Waals surface area contributed by atoms with Gasteiger partial charge in [-0.1, -0.05) is 31.2 Å². The molecule has 4 heterocycles. The maximum absolute atomic E-state index is 13.5. The molecule has 4 aromatic rings.